The third-order valence-corrected chi connectivity index (χ3v) is 3.68. The maximum Gasteiger partial charge on any atom is 0.0546 e. The van der Waals surface area contributed by atoms with Gasteiger partial charge >= 0.3 is 0 Å². The molecule has 0 amide bonds. The quantitative estimate of drug-likeness (QED) is 0.902. The van der Waals surface area contributed by atoms with Gasteiger partial charge in [-0.15, -0.1) is 0 Å². The predicted molar refractivity (Wildman–Crippen MR) is 80.5 cm³/mol. The molecule has 0 bridgehead atoms. The van der Waals surface area contributed by atoms with Gasteiger partial charge in [0.1, 0.15) is 0 Å². The number of aryl methyl sites for hydroxylation is 1. The van der Waals surface area contributed by atoms with E-state index in [1.54, 1.807) is 0 Å². The molecular formula is C15H25N5. The number of rotatable bonds is 4. The van der Waals surface area contributed by atoms with Crippen LogP contribution in [0.4, 0.5) is 0 Å². The molecule has 0 fully saturated rings. The molecule has 20 heavy (non-hydrogen) atoms. The third kappa shape index (κ3) is 2.93. The van der Waals surface area contributed by atoms with E-state index in [0.29, 0.717) is 0 Å². The van der Waals surface area contributed by atoms with Crippen molar-refractivity contribution in [3.8, 4) is 0 Å². The van der Waals surface area contributed by atoms with E-state index in [0.717, 1.165) is 12.2 Å². The van der Waals surface area contributed by atoms with E-state index >= 15 is 0 Å². The average molecular weight is 275 g/mol. The van der Waals surface area contributed by atoms with E-state index in [1.165, 1.54) is 16.8 Å². The molecule has 0 aliphatic carbocycles. The molecule has 0 aliphatic heterocycles. The highest BCUT2D eigenvalue weighted by atomic mass is 15.3. The summed E-state index contributed by atoms with van der Waals surface area (Å²) in [5.41, 5.74) is 4.82. The van der Waals surface area contributed by atoms with E-state index in [1.807, 2.05) is 19.3 Å². The second-order valence-corrected chi connectivity index (χ2v) is 6.39. The predicted octanol–water partition coefficient (Wildman–Crippen LogP) is 2.83. The second-order valence-electron chi connectivity index (χ2n) is 6.39. The van der Waals surface area contributed by atoms with Crippen molar-refractivity contribution in [3.63, 3.8) is 0 Å². The lowest BCUT2D eigenvalue weighted by atomic mass is 10.1. The molecule has 0 radical (unpaired) electrons. The summed E-state index contributed by atoms with van der Waals surface area (Å²) < 4.78 is 2.09. The summed E-state index contributed by atoms with van der Waals surface area (Å²) in [7, 11) is 0. The van der Waals surface area contributed by atoms with Crippen LogP contribution in [0.2, 0.25) is 0 Å². The highest BCUT2D eigenvalue weighted by molar-refractivity contribution is 5.22. The summed E-state index contributed by atoms with van der Waals surface area (Å²) in [4.78, 5) is 0. The lowest BCUT2D eigenvalue weighted by Gasteiger charge is -2.22. The number of hydrogen-bond donors (Lipinski definition) is 2. The average Bonchev–Trinajstić information content (AvgIpc) is 2.92. The SMILES string of the molecule is Cc1[nH]ncc1CNC(C)c1cnn(C(C)(C)C)c1C. The summed E-state index contributed by atoms with van der Waals surface area (Å²) in [6, 6.07) is 0.264. The van der Waals surface area contributed by atoms with Gasteiger partial charge in [0.15, 0.2) is 0 Å². The zero-order chi connectivity index (χ0) is 14.9. The van der Waals surface area contributed by atoms with Crippen LogP contribution in [0.15, 0.2) is 12.4 Å². The molecule has 2 aromatic heterocycles. The van der Waals surface area contributed by atoms with Gasteiger partial charge < -0.3 is 5.32 Å². The molecule has 110 valence electrons. The first-order valence-corrected chi connectivity index (χ1v) is 7.08. The van der Waals surface area contributed by atoms with Gasteiger partial charge in [0, 0.05) is 35.1 Å². The van der Waals surface area contributed by atoms with Gasteiger partial charge in [-0.2, -0.15) is 10.2 Å². The molecule has 2 N–H and O–H groups in total. The largest absolute Gasteiger partial charge is 0.306 e. The molecule has 0 saturated carbocycles. The summed E-state index contributed by atoms with van der Waals surface area (Å²) in [6.07, 6.45) is 3.85. The zero-order valence-electron chi connectivity index (χ0n) is 13.3. The standard InChI is InChI=1S/C15H25N5/c1-10-13(8-17-19-10)7-16-11(2)14-9-18-20(12(14)3)15(4,5)6/h8-9,11,16H,7H2,1-6H3,(H,17,19). The first kappa shape index (κ1) is 14.8. The van der Waals surface area contributed by atoms with Gasteiger partial charge in [-0.3, -0.25) is 9.78 Å². The van der Waals surface area contributed by atoms with Gasteiger partial charge in [0.2, 0.25) is 0 Å². The minimum atomic E-state index is 0.0171. The normalized spacial score (nSPS) is 13.7. The summed E-state index contributed by atoms with van der Waals surface area (Å²) in [5, 5.41) is 15.1. The maximum absolute atomic E-state index is 4.53. The van der Waals surface area contributed by atoms with Crippen molar-refractivity contribution in [2.45, 2.75) is 59.7 Å². The highest BCUT2D eigenvalue weighted by Crippen LogP contribution is 2.23. The Morgan fingerprint density at radius 3 is 2.50 bits per heavy atom. The number of nitrogens with one attached hydrogen (secondary N) is 2. The molecule has 2 aromatic rings. The Morgan fingerprint density at radius 2 is 2.00 bits per heavy atom. The van der Waals surface area contributed by atoms with E-state index in [2.05, 4.69) is 59.9 Å². The van der Waals surface area contributed by atoms with Crippen LogP contribution >= 0.6 is 0 Å². The van der Waals surface area contributed by atoms with Crippen molar-refractivity contribution in [2.75, 3.05) is 0 Å². The topological polar surface area (TPSA) is 58.5 Å². The van der Waals surface area contributed by atoms with Gasteiger partial charge in [0.05, 0.1) is 17.9 Å². The Morgan fingerprint density at radius 1 is 1.30 bits per heavy atom. The Kier molecular flexibility index (Phi) is 3.99. The van der Waals surface area contributed by atoms with Crippen molar-refractivity contribution in [2.24, 2.45) is 0 Å². The Hall–Kier alpha value is -1.62. The fourth-order valence-corrected chi connectivity index (χ4v) is 2.45. The Labute approximate surface area is 120 Å². The van der Waals surface area contributed by atoms with E-state index in [9.17, 15) is 0 Å². The number of aromatic nitrogens is 4. The van der Waals surface area contributed by atoms with E-state index in [-0.39, 0.29) is 11.6 Å². The van der Waals surface area contributed by atoms with Crippen LogP contribution < -0.4 is 5.32 Å². The number of H-pyrrole nitrogens is 1. The molecule has 2 rings (SSSR count). The van der Waals surface area contributed by atoms with Gasteiger partial charge in [-0.05, 0) is 41.5 Å². The minimum Gasteiger partial charge on any atom is -0.306 e. The zero-order valence-corrected chi connectivity index (χ0v) is 13.3. The molecule has 1 unspecified atom stereocenters. The van der Waals surface area contributed by atoms with E-state index < -0.39 is 0 Å². The lowest BCUT2D eigenvalue weighted by molar-refractivity contribution is 0.347. The smallest absolute Gasteiger partial charge is 0.0546 e. The lowest BCUT2D eigenvalue weighted by Crippen LogP contribution is -2.25. The van der Waals surface area contributed by atoms with Crippen LogP contribution in [-0.4, -0.2) is 20.0 Å². The van der Waals surface area contributed by atoms with Crippen LogP contribution in [0.1, 0.15) is 56.3 Å². The van der Waals surface area contributed by atoms with Gasteiger partial charge in [0.25, 0.3) is 0 Å². The molecule has 2 heterocycles. The van der Waals surface area contributed by atoms with Gasteiger partial charge in [-0.25, -0.2) is 0 Å². The van der Waals surface area contributed by atoms with Crippen LogP contribution in [0.25, 0.3) is 0 Å². The van der Waals surface area contributed by atoms with E-state index in [4.69, 9.17) is 0 Å². The van der Waals surface area contributed by atoms with Crippen LogP contribution in [0, 0.1) is 13.8 Å². The first-order valence-electron chi connectivity index (χ1n) is 7.08. The van der Waals surface area contributed by atoms with Crippen molar-refractivity contribution in [1.82, 2.24) is 25.3 Å². The number of hydrogen-bond acceptors (Lipinski definition) is 3. The molecule has 0 aromatic carbocycles. The molecule has 0 saturated heterocycles. The molecule has 0 aliphatic rings. The summed E-state index contributed by atoms with van der Waals surface area (Å²) in [5.74, 6) is 0. The molecule has 1 atom stereocenters. The van der Waals surface area contributed by atoms with Crippen LogP contribution in [0.3, 0.4) is 0 Å². The monoisotopic (exact) mass is 275 g/mol. The number of nitrogens with zero attached hydrogens (tertiary/aromatic N) is 3. The number of aromatic amines is 1. The maximum atomic E-state index is 4.53. The fraction of sp³-hybridized carbons (Fsp3) is 0.600. The second kappa shape index (κ2) is 5.40. The van der Waals surface area contributed by atoms with Crippen molar-refractivity contribution in [3.05, 3.63) is 34.9 Å². The van der Waals surface area contributed by atoms with Crippen molar-refractivity contribution < 1.29 is 0 Å². The highest BCUT2D eigenvalue weighted by Gasteiger charge is 2.20. The van der Waals surface area contributed by atoms with Crippen molar-refractivity contribution in [1.29, 1.82) is 0 Å². The fourth-order valence-electron chi connectivity index (χ4n) is 2.45. The van der Waals surface area contributed by atoms with Crippen molar-refractivity contribution >= 4 is 0 Å². The summed E-state index contributed by atoms with van der Waals surface area (Å²) in [6.45, 7) is 13.7. The molecule has 5 nitrogen and oxygen atoms in total. The van der Waals surface area contributed by atoms with Gasteiger partial charge in [-0.1, -0.05) is 0 Å². The van der Waals surface area contributed by atoms with Crippen LogP contribution in [0.5, 0.6) is 0 Å². The molecule has 0 spiro atoms. The Balaban J connectivity index is 2.08. The Bertz CT molecular complexity index is 573. The third-order valence-electron chi connectivity index (χ3n) is 3.68. The first-order chi connectivity index (χ1) is 9.30. The molecule has 5 heteroatoms. The van der Waals surface area contributed by atoms with Crippen LogP contribution in [-0.2, 0) is 12.1 Å². The minimum absolute atomic E-state index is 0.0171. The molecular weight excluding hydrogens is 250 g/mol. The summed E-state index contributed by atoms with van der Waals surface area (Å²) >= 11 is 0.